The summed E-state index contributed by atoms with van der Waals surface area (Å²) in [6, 6.07) is 0. The molecule has 0 saturated heterocycles. The molecule has 8 nitrogen and oxygen atoms in total. The van der Waals surface area contributed by atoms with Crippen molar-refractivity contribution >= 4 is 17.4 Å². The highest BCUT2D eigenvalue weighted by molar-refractivity contribution is 5.79. The molecule has 0 aliphatic heterocycles. The highest BCUT2D eigenvalue weighted by Crippen LogP contribution is 2.07. The maximum atomic E-state index is 11.6. The van der Waals surface area contributed by atoms with Crippen LogP contribution in [-0.4, -0.2) is 21.6 Å². The van der Waals surface area contributed by atoms with Crippen LogP contribution in [0, 0.1) is 0 Å². The van der Waals surface area contributed by atoms with Gasteiger partial charge < -0.3 is 16.8 Å². The lowest BCUT2D eigenvalue weighted by atomic mass is 10.4. The minimum atomic E-state index is -0.629. The summed E-state index contributed by atoms with van der Waals surface area (Å²) in [5.74, 6) is -0.662. The standard InChI is InChI=1S/C8H13N5O3/c1-12-6(10)5(11-3-4(9)14)7(15)13(2)8(12)16/h11H,3,10H2,1-2H3,(H2,9,14). The van der Waals surface area contributed by atoms with Crippen LogP contribution in [-0.2, 0) is 18.9 Å². The van der Waals surface area contributed by atoms with E-state index in [0.29, 0.717) is 0 Å². The molecule has 0 aliphatic carbocycles. The largest absolute Gasteiger partial charge is 0.383 e. The smallest absolute Gasteiger partial charge is 0.332 e. The molecule has 0 aromatic carbocycles. The van der Waals surface area contributed by atoms with Crippen LogP contribution in [0.3, 0.4) is 0 Å². The van der Waals surface area contributed by atoms with Gasteiger partial charge in [0, 0.05) is 14.1 Å². The molecule has 1 aromatic heterocycles. The highest BCUT2D eigenvalue weighted by atomic mass is 16.2. The fourth-order valence-corrected chi connectivity index (χ4v) is 1.20. The third kappa shape index (κ3) is 1.90. The zero-order valence-corrected chi connectivity index (χ0v) is 8.98. The van der Waals surface area contributed by atoms with Crippen LogP contribution in [0.25, 0.3) is 0 Å². The molecule has 0 spiro atoms. The van der Waals surface area contributed by atoms with Gasteiger partial charge in [0.15, 0.2) is 0 Å². The Morgan fingerprint density at radius 1 is 1.31 bits per heavy atom. The molecule has 1 aromatic rings. The Balaban J connectivity index is 3.35. The number of aromatic nitrogens is 2. The molecule has 16 heavy (non-hydrogen) atoms. The van der Waals surface area contributed by atoms with Gasteiger partial charge >= 0.3 is 5.69 Å². The number of amides is 1. The predicted molar refractivity (Wildman–Crippen MR) is 59.0 cm³/mol. The molecule has 1 rings (SSSR count). The first-order chi connectivity index (χ1) is 7.36. The van der Waals surface area contributed by atoms with Gasteiger partial charge in [0.05, 0.1) is 6.54 Å². The Morgan fingerprint density at radius 2 is 1.88 bits per heavy atom. The molecule has 0 fully saturated rings. The second-order valence-electron chi connectivity index (χ2n) is 3.29. The number of nitrogen functional groups attached to an aromatic ring is 1. The minimum Gasteiger partial charge on any atom is -0.383 e. The summed E-state index contributed by atoms with van der Waals surface area (Å²) in [4.78, 5) is 33.6. The van der Waals surface area contributed by atoms with Crippen LogP contribution in [0.2, 0.25) is 0 Å². The van der Waals surface area contributed by atoms with E-state index in [0.717, 1.165) is 9.13 Å². The van der Waals surface area contributed by atoms with E-state index in [4.69, 9.17) is 11.5 Å². The summed E-state index contributed by atoms with van der Waals surface area (Å²) >= 11 is 0. The van der Waals surface area contributed by atoms with Gasteiger partial charge in [-0.05, 0) is 0 Å². The van der Waals surface area contributed by atoms with Crippen molar-refractivity contribution in [2.24, 2.45) is 19.8 Å². The Kier molecular flexibility index (Phi) is 3.02. The van der Waals surface area contributed by atoms with Crippen LogP contribution in [0.4, 0.5) is 11.5 Å². The van der Waals surface area contributed by atoms with Crippen molar-refractivity contribution in [2.45, 2.75) is 0 Å². The van der Waals surface area contributed by atoms with Crippen LogP contribution < -0.4 is 28.0 Å². The van der Waals surface area contributed by atoms with Crippen LogP contribution in [0.15, 0.2) is 9.59 Å². The second kappa shape index (κ2) is 4.09. The molecular formula is C8H13N5O3. The maximum absolute atomic E-state index is 11.6. The van der Waals surface area contributed by atoms with E-state index in [9.17, 15) is 14.4 Å². The quantitative estimate of drug-likeness (QED) is 0.529. The molecule has 88 valence electrons. The van der Waals surface area contributed by atoms with Crippen molar-refractivity contribution in [2.75, 3.05) is 17.6 Å². The zero-order chi connectivity index (χ0) is 12.5. The van der Waals surface area contributed by atoms with Crippen molar-refractivity contribution in [1.82, 2.24) is 9.13 Å². The normalized spacial score (nSPS) is 10.1. The van der Waals surface area contributed by atoms with E-state index in [1.54, 1.807) is 0 Å². The average Bonchev–Trinajstić information content (AvgIpc) is 2.23. The van der Waals surface area contributed by atoms with Crippen molar-refractivity contribution in [1.29, 1.82) is 0 Å². The van der Waals surface area contributed by atoms with Crippen LogP contribution in [0.5, 0.6) is 0 Å². The van der Waals surface area contributed by atoms with Gasteiger partial charge in [-0.2, -0.15) is 0 Å². The van der Waals surface area contributed by atoms with Gasteiger partial charge in [0.1, 0.15) is 11.5 Å². The number of nitrogens with zero attached hydrogens (tertiary/aromatic N) is 2. The van der Waals surface area contributed by atoms with Gasteiger partial charge in [-0.25, -0.2) is 4.79 Å². The number of nitrogens with two attached hydrogens (primary N) is 2. The molecule has 1 amide bonds. The van der Waals surface area contributed by atoms with E-state index in [1.807, 2.05) is 0 Å². The summed E-state index contributed by atoms with van der Waals surface area (Å²) in [5, 5.41) is 2.50. The summed E-state index contributed by atoms with van der Waals surface area (Å²) in [6.45, 7) is -0.225. The van der Waals surface area contributed by atoms with Gasteiger partial charge in [0.25, 0.3) is 5.56 Å². The first-order valence-corrected chi connectivity index (χ1v) is 4.44. The van der Waals surface area contributed by atoms with E-state index < -0.39 is 17.2 Å². The predicted octanol–water partition coefficient (Wildman–Crippen LogP) is -2.44. The van der Waals surface area contributed by atoms with E-state index in [2.05, 4.69) is 5.32 Å². The van der Waals surface area contributed by atoms with Gasteiger partial charge in [-0.15, -0.1) is 0 Å². The number of carbonyl (C=O) groups excluding carboxylic acids is 1. The fraction of sp³-hybridized carbons (Fsp3) is 0.375. The number of hydrogen-bond acceptors (Lipinski definition) is 5. The zero-order valence-electron chi connectivity index (χ0n) is 8.98. The Hall–Kier alpha value is -2.25. The van der Waals surface area contributed by atoms with Crippen molar-refractivity contribution in [3.8, 4) is 0 Å². The molecule has 0 unspecified atom stereocenters. The van der Waals surface area contributed by atoms with Gasteiger partial charge in [-0.1, -0.05) is 0 Å². The molecule has 0 radical (unpaired) electrons. The number of hydrogen-bond donors (Lipinski definition) is 3. The third-order valence-electron chi connectivity index (χ3n) is 2.15. The Labute approximate surface area is 90.5 Å². The molecule has 0 atom stereocenters. The molecule has 0 aliphatic rings. The second-order valence-corrected chi connectivity index (χ2v) is 3.29. The van der Waals surface area contributed by atoms with Gasteiger partial charge in [0.2, 0.25) is 5.91 Å². The summed E-state index contributed by atoms with van der Waals surface area (Å²) in [5.41, 5.74) is 9.36. The lowest BCUT2D eigenvalue weighted by molar-refractivity contribution is -0.116. The number of primary amides is 1. The van der Waals surface area contributed by atoms with Crippen molar-refractivity contribution < 1.29 is 4.79 Å². The van der Waals surface area contributed by atoms with E-state index >= 15 is 0 Å². The molecule has 8 heteroatoms. The third-order valence-corrected chi connectivity index (χ3v) is 2.15. The maximum Gasteiger partial charge on any atom is 0.332 e. The summed E-state index contributed by atoms with van der Waals surface area (Å²) < 4.78 is 1.99. The first-order valence-electron chi connectivity index (χ1n) is 4.44. The molecule has 1 heterocycles. The molecule has 0 saturated carbocycles. The topological polar surface area (TPSA) is 125 Å². The molecule has 0 bridgehead atoms. The summed E-state index contributed by atoms with van der Waals surface area (Å²) in [7, 11) is 2.74. The average molecular weight is 227 g/mol. The lowest BCUT2D eigenvalue weighted by Crippen LogP contribution is -2.40. The molecule has 5 N–H and O–H groups in total. The summed E-state index contributed by atoms with van der Waals surface area (Å²) in [6.07, 6.45) is 0. The number of rotatable bonds is 3. The minimum absolute atomic E-state index is 0.0107. The molecular weight excluding hydrogens is 214 g/mol. The monoisotopic (exact) mass is 227 g/mol. The SMILES string of the molecule is Cn1c(N)c(NCC(N)=O)c(=O)n(C)c1=O. The Morgan fingerprint density at radius 3 is 2.38 bits per heavy atom. The Bertz CT molecular complexity index is 542. The van der Waals surface area contributed by atoms with Crippen LogP contribution in [0.1, 0.15) is 0 Å². The number of nitrogens with one attached hydrogen (secondary N) is 1. The lowest BCUT2D eigenvalue weighted by Gasteiger charge is -2.11. The highest BCUT2D eigenvalue weighted by Gasteiger charge is 2.12. The first kappa shape index (κ1) is 11.8. The number of carbonyl (C=O) groups is 1. The van der Waals surface area contributed by atoms with Crippen LogP contribution >= 0.6 is 0 Å². The van der Waals surface area contributed by atoms with E-state index in [-0.39, 0.29) is 18.1 Å². The fourth-order valence-electron chi connectivity index (χ4n) is 1.20. The van der Waals surface area contributed by atoms with E-state index in [1.165, 1.54) is 14.1 Å². The van der Waals surface area contributed by atoms with Crippen molar-refractivity contribution in [3.05, 3.63) is 20.8 Å². The van der Waals surface area contributed by atoms with Crippen molar-refractivity contribution in [3.63, 3.8) is 0 Å². The number of anilines is 2. The van der Waals surface area contributed by atoms with Gasteiger partial charge in [-0.3, -0.25) is 18.7 Å².